The summed E-state index contributed by atoms with van der Waals surface area (Å²) >= 11 is 5.90. The molecule has 1 aliphatic rings. The van der Waals surface area contributed by atoms with Gasteiger partial charge in [-0.1, -0.05) is 17.7 Å². The second-order valence-electron chi connectivity index (χ2n) is 3.88. The van der Waals surface area contributed by atoms with Gasteiger partial charge in [-0.05, 0) is 24.6 Å². The molecule has 5 heteroatoms. The van der Waals surface area contributed by atoms with Gasteiger partial charge in [0.05, 0.1) is 10.7 Å². The first-order chi connectivity index (χ1) is 7.63. The Morgan fingerprint density at radius 3 is 2.88 bits per heavy atom. The van der Waals surface area contributed by atoms with Gasteiger partial charge in [0.25, 0.3) is 0 Å². The van der Waals surface area contributed by atoms with E-state index in [1.165, 1.54) is 17.0 Å². The van der Waals surface area contributed by atoms with Crippen LogP contribution in [0.4, 0.5) is 10.1 Å². The highest BCUT2D eigenvalue weighted by atomic mass is 35.5. The van der Waals surface area contributed by atoms with Gasteiger partial charge >= 0.3 is 0 Å². The molecule has 1 amide bonds. The summed E-state index contributed by atoms with van der Waals surface area (Å²) in [6.07, 6.45) is 0.362. The fourth-order valence-corrected chi connectivity index (χ4v) is 2.17. The van der Waals surface area contributed by atoms with Crippen LogP contribution in [-0.4, -0.2) is 19.0 Å². The number of hydrogen-bond acceptors (Lipinski definition) is 2. The molecule has 1 aromatic carbocycles. The summed E-state index contributed by atoms with van der Waals surface area (Å²) in [6, 6.07) is 4.38. The van der Waals surface area contributed by atoms with Crippen LogP contribution >= 0.6 is 11.6 Å². The molecule has 86 valence electrons. The molecule has 0 saturated carbocycles. The molecule has 1 heterocycles. The first-order valence-electron chi connectivity index (χ1n) is 5.08. The van der Waals surface area contributed by atoms with Crippen molar-refractivity contribution in [3.8, 4) is 0 Å². The SMILES string of the molecule is NCC1CC(=O)N(c2c(F)cccc2Cl)C1. The molecule has 0 bridgehead atoms. The number of carbonyl (C=O) groups excluding carboxylic acids is 1. The second-order valence-corrected chi connectivity index (χ2v) is 4.29. The highest BCUT2D eigenvalue weighted by molar-refractivity contribution is 6.33. The molecule has 2 rings (SSSR count). The average Bonchev–Trinajstić information content (AvgIpc) is 2.60. The van der Waals surface area contributed by atoms with E-state index in [-0.39, 0.29) is 22.5 Å². The molecule has 1 aliphatic heterocycles. The van der Waals surface area contributed by atoms with Crippen LogP contribution in [0.25, 0.3) is 0 Å². The first-order valence-corrected chi connectivity index (χ1v) is 5.45. The summed E-state index contributed by atoms with van der Waals surface area (Å²) in [7, 11) is 0. The fraction of sp³-hybridized carbons (Fsp3) is 0.364. The van der Waals surface area contributed by atoms with Crippen LogP contribution < -0.4 is 10.6 Å². The maximum Gasteiger partial charge on any atom is 0.227 e. The van der Waals surface area contributed by atoms with Crippen molar-refractivity contribution in [2.45, 2.75) is 6.42 Å². The zero-order valence-corrected chi connectivity index (χ0v) is 9.38. The van der Waals surface area contributed by atoms with Gasteiger partial charge in [0.2, 0.25) is 5.91 Å². The highest BCUT2D eigenvalue weighted by Crippen LogP contribution is 2.33. The molecule has 1 saturated heterocycles. The molecule has 0 aliphatic carbocycles. The van der Waals surface area contributed by atoms with Crippen LogP contribution in [0.15, 0.2) is 18.2 Å². The largest absolute Gasteiger partial charge is 0.330 e. The van der Waals surface area contributed by atoms with E-state index in [4.69, 9.17) is 17.3 Å². The maximum atomic E-state index is 13.6. The fourth-order valence-electron chi connectivity index (χ4n) is 1.90. The maximum absolute atomic E-state index is 13.6. The number of benzene rings is 1. The topological polar surface area (TPSA) is 46.3 Å². The molecule has 1 aromatic rings. The summed E-state index contributed by atoms with van der Waals surface area (Å²) in [5.41, 5.74) is 5.68. The molecule has 0 aromatic heterocycles. The van der Waals surface area contributed by atoms with Gasteiger partial charge in [0.1, 0.15) is 5.82 Å². The van der Waals surface area contributed by atoms with Crippen molar-refractivity contribution in [1.29, 1.82) is 0 Å². The highest BCUT2D eigenvalue weighted by Gasteiger charge is 2.32. The van der Waals surface area contributed by atoms with Crippen LogP contribution in [0.3, 0.4) is 0 Å². The van der Waals surface area contributed by atoms with Crippen molar-refractivity contribution in [2.24, 2.45) is 11.7 Å². The smallest absolute Gasteiger partial charge is 0.227 e. The predicted molar refractivity (Wildman–Crippen MR) is 60.9 cm³/mol. The van der Waals surface area contributed by atoms with Gasteiger partial charge in [-0.2, -0.15) is 0 Å². The summed E-state index contributed by atoms with van der Waals surface area (Å²) in [6.45, 7) is 0.865. The Bertz CT molecular complexity index is 404. The van der Waals surface area contributed by atoms with Gasteiger partial charge < -0.3 is 10.6 Å². The third-order valence-electron chi connectivity index (χ3n) is 2.75. The van der Waals surface area contributed by atoms with E-state index in [0.29, 0.717) is 19.5 Å². The Balaban J connectivity index is 2.35. The van der Waals surface area contributed by atoms with Crippen molar-refractivity contribution in [3.05, 3.63) is 29.0 Å². The summed E-state index contributed by atoms with van der Waals surface area (Å²) in [4.78, 5) is 13.1. The lowest BCUT2D eigenvalue weighted by atomic mass is 10.1. The minimum Gasteiger partial charge on any atom is -0.330 e. The number of anilines is 1. The number of halogens is 2. The standard InChI is InChI=1S/C11H12ClFN2O/c12-8-2-1-3-9(13)11(8)15-6-7(5-14)4-10(15)16/h1-3,7H,4-6,14H2. The van der Waals surface area contributed by atoms with Crippen molar-refractivity contribution < 1.29 is 9.18 Å². The van der Waals surface area contributed by atoms with Crippen LogP contribution in [0.2, 0.25) is 5.02 Å². The molecule has 16 heavy (non-hydrogen) atoms. The number of hydrogen-bond donors (Lipinski definition) is 1. The van der Waals surface area contributed by atoms with Crippen molar-refractivity contribution in [3.63, 3.8) is 0 Å². The summed E-state index contributed by atoms with van der Waals surface area (Å²) < 4.78 is 13.6. The number of nitrogens with two attached hydrogens (primary N) is 1. The zero-order valence-electron chi connectivity index (χ0n) is 8.62. The number of nitrogens with zero attached hydrogens (tertiary/aromatic N) is 1. The molecule has 3 nitrogen and oxygen atoms in total. The Labute approximate surface area is 98.0 Å². The van der Waals surface area contributed by atoms with Crippen LogP contribution in [0.1, 0.15) is 6.42 Å². The number of amides is 1. The molecule has 2 N–H and O–H groups in total. The van der Waals surface area contributed by atoms with E-state index in [9.17, 15) is 9.18 Å². The number of para-hydroxylation sites is 1. The lowest BCUT2D eigenvalue weighted by Gasteiger charge is -2.18. The third-order valence-corrected chi connectivity index (χ3v) is 3.05. The van der Waals surface area contributed by atoms with Gasteiger partial charge in [-0.25, -0.2) is 4.39 Å². The van der Waals surface area contributed by atoms with Crippen molar-refractivity contribution in [2.75, 3.05) is 18.0 Å². The average molecular weight is 243 g/mol. The van der Waals surface area contributed by atoms with E-state index in [1.807, 2.05) is 0 Å². The van der Waals surface area contributed by atoms with E-state index >= 15 is 0 Å². The molecule has 1 atom stereocenters. The van der Waals surface area contributed by atoms with Crippen molar-refractivity contribution in [1.82, 2.24) is 0 Å². The Hall–Kier alpha value is -1.13. The Morgan fingerprint density at radius 2 is 2.31 bits per heavy atom. The number of rotatable bonds is 2. The van der Waals surface area contributed by atoms with E-state index in [0.717, 1.165) is 0 Å². The molecule has 0 radical (unpaired) electrons. The summed E-state index contributed by atoms with van der Waals surface area (Å²) in [5.74, 6) is -0.510. The molecular weight excluding hydrogens is 231 g/mol. The normalized spacial score (nSPS) is 20.6. The van der Waals surface area contributed by atoms with Crippen molar-refractivity contribution >= 4 is 23.2 Å². The van der Waals surface area contributed by atoms with Crippen LogP contribution in [-0.2, 0) is 4.79 Å². The van der Waals surface area contributed by atoms with Crippen LogP contribution in [0, 0.1) is 11.7 Å². The van der Waals surface area contributed by atoms with E-state index in [2.05, 4.69) is 0 Å². The van der Waals surface area contributed by atoms with E-state index < -0.39 is 5.82 Å². The summed E-state index contributed by atoms with van der Waals surface area (Å²) in [5, 5.41) is 0.256. The lowest BCUT2D eigenvalue weighted by Crippen LogP contribution is -2.26. The molecule has 1 unspecified atom stereocenters. The predicted octanol–water partition coefficient (Wildman–Crippen LogP) is 1.79. The van der Waals surface area contributed by atoms with E-state index in [1.54, 1.807) is 6.07 Å². The quantitative estimate of drug-likeness (QED) is 0.860. The molecule has 0 spiro atoms. The zero-order chi connectivity index (χ0) is 11.7. The lowest BCUT2D eigenvalue weighted by molar-refractivity contribution is -0.117. The number of carbonyl (C=O) groups is 1. The monoisotopic (exact) mass is 242 g/mol. The minimum atomic E-state index is -0.474. The van der Waals surface area contributed by atoms with Crippen LogP contribution in [0.5, 0.6) is 0 Å². The van der Waals surface area contributed by atoms with Gasteiger partial charge in [0, 0.05) is 13.0 Å². The molecular formula is C11H12ClFN2O. The Kier molecular flexibility index (Phi) is 3.12. The first kappa shape index (κ1) is 11.4. The second kappa shape index (κ2) is 4.39. The van der Waals surface area contributed by atoms with Gasteiger partial charge in [0.15, 0.2) is 0 Å². The third kappa shape index (κ3) is 1.90. The Morgan fingerprint density at radius 1 is 1.56 bits per heavy atom. The minimum absolute atomic E-state index is 0.0863. The van der Waals surface area contributed by atoms with Gasteiger partial charge in [-0.15, -0.1) is 0 Å². The molecule has 1 fully saturated rings. The van der Waals surface area contributed by atoms with Gasteiger partial charge in [-0.3, -0.25) is 4.79 Å².